The van der Waals surface area contributed by atoms with Gasteiger partial charge in [-0.1, -0.05) is 24.3 Å². The number of Topliss-reactive ketones (excluding diaryl/α,β-unsaturated/α-hetero) is 1. The molecular weight excluding hydrogens is 494 g/mol. The van der Waals surface area contributed by atoms with Gasteiger partial charge in [0.25, 0.3) is 5.91 Å². The van der Waals surface area contributed by atoms with Crippen molar-refractivity contribution in [1.82, 2.24) is 9.97 Å². The van der Waals surface area contributed by atoms with Gasteiger partial charge < -0.3 is 9.64 Å². The zero-order valence-electron chi connectivity index (χ0n) is 21.5. The molecule has 1 aromatic carbocycles. The number of benzene rings is 1. The number of hydrogen-bond acceptors (Lipinski definition) is 6. The van der Waals surface area contributed by atoms with Crippen molar-refractivity contribution in [3.63, 3.8) is 0 Å². The molecule has 0 saturated heterocycles. The van der Waals surface area contributed by atoms with Crippen LogP contribution in [0.2, 0.25) is 0 Å². The van der Waals surface area contributed by atoms with Crippen molar-refractivity contribution in [2.45, 2.75) is 45.6 Å². The van der Waals surface area contributed by atoms with Gasteiger partial charge in [0.2, 0.25) is 5.88 Å². The third-order valence-electron chi connectivity index (χ3n) is 6.90. The lowest BCUT2D eigenvalue weighted by Crippen LogP contribution is -2.33. The molecule has 0 unspecified atom stereocenters. The number of aromatic nitrogens is 2. The average Bonchev–Trinajstić information content (AvgIpc) is 3.67. The molecule has 1 aliphatic heterocycles. The van der Waals surface area contributed by atoms with E-state index in [1.807, 2.05) is 73.3 Å². The maximum Gasteiger partial charge on any atom is 0.276 e. The molecule has 192 valence electrons. The SMILES string of the molecule is CC(C)Oc1ccc(-c2cccc(C(=O)N3CCc4cc(C(=O)CC5CC5)sc4-c4ccccc43)n2)cn1. The summed E-state index contributed by atoms with van der Waals surface area (Å²) in [7, 11) is 0. The molecule has 0 atom stereocenters. The van der Waals surface area contributed by atoms with E-state index in [1.54, 1.807) is 23.6 Å². The number of carbonyl (C=O) groups is 2. The highest BCUT2D eigenvalue weighted by atomic mass is 32.1. The fraction of sp³-hybridized carbons (Fsp3) is 0.290. The Hall–Kier alpha value is -3.84. The van der Waals surface area contributed by atoms with Gasteiger partial charge >= 0.3 is 0 Å². The van der Waals surface area contributed by atoms with Crippen LogP contribution in [0.1, 0.15) is 58.8 Å². The molecule has 1 fully saturated rings. The number of anilines is 1. The molecule has 1 aliphatic carbocycles. The van der Waals surface area contributed by atoms with E-state index < -0.39 is 0 Å². The maximum atomic E-state index is 13.8. The van der Waals surface area contributed by atoms with Crippen LogP contribution in [0.15, 0.2) is 66.9 Å². The number of amides is 1. The van der Waals surface area contributed by atoms with Crippen LogP contribution in [-0.4, -0.2) is 34.3 Å². The van der Waals surface area contributed by atoms with Crippen molar-refractivity contribution in [2.24, 2.45) is 5.92 Å². The Labute approximate surface area is 226 Å². The van der Waals surface area contributed by atoms with Gasteiger partial charge in [0, 0.05) is 41.2 Å². The number of fused-ring (bicyclic) bond motifs is 3. The van der Waals surface area contributed by atoms with Gasteiger partial charge in [-0.25, -0.2) is 9.97 Å². The molecule has 6 rings (SSSR count). The number of hydrogen-bond donors (Lipinski definition) is 0. The van der Waals surface area contributed by atoms with Crippen molar-refractivity contribution in [2.75, 3.05) is 11.4 Å². The Bertz CT molecular complexity index is 1510. The van der Waals surface area contributed by atoms with Crippen LogP contribution >= 0.6 is 11.3 Å². The normalized spacial score (nSPS) is 14.6. The predicted octanol–water partition coefficient (Wildman–Crippen LogP) is 6.85. The summed E-state index contributed by atoms with van der Waals surface area (Å²) >= 11 is 1.56. The lowest BCUT2D eigenvalue weighted by atomic mass is 10.1. The zero-order chi connectivity index (χ0) is 26.2. The van der Waals surface area contributed by atoms with Crippen LogP contribution in [0, 0.1) is 5.92 Å². The van der Waals surface area contributed by atoms with E-state index in [0.29, 0.717) is 42.6 Å². The van der Waals surface area contributed by atoms with Crippen LogP contribution in [0.25, 0.3) is 21.7 Å². The van der Waals surface area contributed by atoms with Crippen molar-refractivity contribution in [3.05, 3.63) is 83.0 Å². The zero-order valence-corrected chi connectivity index (χ0v) is 22.3. The Kier molecular flexibility index (Phi) is 6.54. The van der Waals surface area contributed by atoms with Crippen LogP contribution in [0.4, 0.5) is 5.69 Å². The average molecular weight is 524 g/mol. The Morgan fingerprint density at radius 2 is 1.92 bits per heavy atom. The molecule has 4 aromatic rings. The van der Waals surface area contributed by atoms with Crippen molar-refractivity contribution >= 4 is 28.7 Å². The summed E-state index contributed by atoms with van der Waals surface area (Å²) in [6, 6.07) is 19.2. The fourth-order valence-corrected chi connectivity index (χ4v) is 6.02. The van der Waals surface area contributed by atoms with Gasteiger partial charge in [0.1, 0.15) is 5.69 Å². The number of ether oxygens (including phenoxy) is 1. The number of rotatable bonds is 7. The second-order valence-electron chi connectivity index (χ2n) is 10.2. The van der Waals surface area contributed by atoms with E-state index in [2.05, 4.69) is 4.98 Å². The van der Waals surface area contributed by atoms with E-state index in [9.17, 15) is 9.59 Å². The Morgan fingerprint density at radius 3 is 2.68 bits per heavy atom. The van der Waals surface area contributed by atoms with E-state index in [0.717, 1.165) is 32.1 Å². The third kappa shape index (κ3) is 4.98. The van der Waals surface area contributed by atoms with Gasteiger partial charge in [-0.15, -0.1) is 11.3 Å². The molecule has 7 heteroatoms. The first-order valence-corrected chi connectivity index (χ1v) is 13.9. The predicted molar refractivity (Wildman–Crippen MR) is 150 cm³/mol. The molecule has 1 amide bonds. The summed E-state index contributed by atoms with van der Waals surface area (Å²) < 4.78 is 5.64. The molecule has 1 saturated carbocycles. The smallest absolute Gasteiger partial charge is 0.276 e. The fourth-order valence-electron chi connectivity index (χ4n) is 4.83. The molecule has 4 heterocycles. The molecule has 0 radical (unpaired) electrons. The van der Waals surface area contributed by atoms with Crippen LogP contribution in [0.5, 0.6) is 5.88 Å². The molecule has 2 aliphatic rings. The first kappa shape index (κ1) is 24.5. The molecular formula is C31H29N3O3S. The van der Waals surface area contributed by atoms with Gasteiger partial charge in [-0.3, -0.25) is 9.59 Å². The first-order chi connectivity index (χ1) is 18.5. The second-order valence-corrected chi connectivity index (χ2v) is 11.3. The summed E-state index contributed by atoms with van der Waals surface area (Å²) in [5, 5.41) is 0. The van der Waals surface area contributed by atoms with Gasteiger partial charge in [0.15, 0.2) is 5.78 Å². The summed E-state index contributed by atoms with van der Waals surface area (Å²) in [6.45, 7) is 4.44. The Morgan fingerprint density at radius 1 is 1.08 bits per heavy atom. The van der Waals surface area contributed by atoms with Gasteiger partial charge in [-0.05, 0) is 74.9 Å². The van der Waals surface area contributed by atoms with E-state index in [4.69, 9.17) is 9.72 Å². The maximum absolute atomic E-state index is 13.8. The minimum atomic E-state index is -0.146. The van der Waals surface area contributed by atoms with Gasteiger partial charge in [0.05, 0.1) is 22.4 Å². The number of thiophene rings is 1. The molecule has 3 aromatic heterocycles. The number of carbonyl (C=O) groups excluding carboxylic acids is 2. The Balaban J connectivity index is 1.28. The lowest BCUT2D eigenvalue weighted by Gasteiger charge is -2.23. The summed E-state index contributed by atoms with van der Waals surface area (Å²) in [4.78, 5) is 39.5. The largest absolute Gasteiger partial charge is 0.475 e. The molecule has 38 heavy (non-hydrogen) atoms. The number of para-hydroxylation sites is 1. The first-order valence-electron chi connectivity index (χ1n) is 13.1. The topological polar surface area (TPSA) is 72.4 Å². The van der Waals surface area contributed by atoms with E-state index in [-0.39, 0.29) is 17.8 Å². The van der Waals surface area contributed by atoms with Crippen molar-refractivity contribution in [1.29, 1.82) is 0 Å². The standard InChI is InChI=1S/C31H29N3O3S/c1-19(2)37-29-13-12-22(18-32-29)24-7-5-8-25(33-24)31(36)34-15-14-21-17-28(27(35)16-20-10-11-20)38-30(21)23-6-3-4-9-26(23)34/h3-9,12-13,17-20H,10-11,14-16H2,1-2H3. The highest BCUT2D eigenvalue weighted by molar-refractivity contribution is 7.17. The molecule has 0 N–H and O–H groups in total. The second kappa shape index (κ2) is 10.1. The quantitative estimate of drug-likeness (QED) is 0.248. The monoisotopic (exact) mass is 523 g/mol. The molecule has 0 bridgehead atoms. The summed E-state index contributed by atoms with van der Waals surface area (Å²) in [5.41, 5.74) is 4.85. The van der Waals surface area contributed by atoms with Crippen LogP contribution in [-0.2, 0) is 6.42 Å². The van der Waals surface area contributed by atoms with Crippen molar-refractivity contribution < 1.29 is 14.3 Å². The van der Waals surface area contributed by atoms with E-state index in [1.165, 1.54) is 12.8 Å². The minimum absolute atomic E-state index is 0.0449. The van der Waals surface area contributed by atoms with Crippen molar-refractivity contribution in [3.8, 4) is 27.6 Å². The highest BCUT2D eigenvalue weighted by Gasteiger charge is 2.30. The minimum Gasteiger partial charge on any atom is -0.475 e. The third-order valence-corrected chi connectivity index (χ3v) is 8.15. The molecule has 6 nitrogen and oxygen atoms in total. The van der Waals surface area contributed by atoms with E-state index >= 15 is 0 Å². The van der Waals surface area contributed by atoms with Gasteiger partial charge in [-0.2, -0.15) is 0 Å². The highest BCUT2D eigenvalue weighted by Crippen LogP contribution is 2.43. The number of nitrogens with zero attached hydrogens (tertiary/aromatic N) is 3. The lowest BCUT2D eigenvalue weighted by molar-refractivity contribution is 0.0972. The van der Waals surface area contributed by atoms with Crippen LogP contribution < -0.4 is 9.64 Å². The summed E-state index contributed by atoms with van der Waals surface area (Å²) in [6.07, 6.45) is 5.43. The number of ketones is 1. The van der Waals surface area contributed by atoms with Crippen LogP contribution in [0.3, 0.4) is 0 Å². The number of pyridine rings is 2. The summed E-state index contributed by atoms with van der Waals surface area (Å²) in [5.74, 6) is 1.22. The molecule has 0 spiro atoms.